The van der Waals surface area contributed by atoms with E-state index in [-0.39, 0.29) is 12.1 Å². The number of aliphatic hydroxyl groups excluding tert-OH is 1. The predicted molar refractivity (Wildman–Crippen MR) is 73.4 cm³/mol. The van der Waals surface area contributed by atoms with Crippen LogP contribution in [-0.4, -0.2) is 22.2 Å². The molecule has 3 rings (SSSR count). The molecule has 1 fully saturated rings. The van der Waals surface area contributed by atoms with Gasteiger partial charge in [-0.2, -0.15) is 0 Å². The Kier molecular flexibility index (Phi) is 2.59. The molecule has 18 heavy (non-hydrogen) atoms. The van der Waals surface area contributed by atoms with Gasteiger partial charge in [0.1, 0.15) is 0 Å². The molecule has 0 amide bonds. The molecule has 1 saturated carbocycles. The summed E-state index contributed by atoms with van der Waals surface area (Å²) in [6.45, 7) is 0.172. The van der Waals surface area contributed by atoms with E-state index in [1.807, 2.05) is 24.3 Å². The van der Waals surface area contributed by atoms with Crippen molar-refractivity contribution in [1.82, 2.24) is 4.98 Å². The molecule has 4 N–H and O–H groups in total. The van der Waals surface area contributed by atoms with Crippen LogP contribution in [0.3, 0.4) is 0 Å². The Morgan fingerprint density at radius 2 is 2.17 bits per heavy atom. The number of benzene rings is 1. The lowest BCUT2D eigenvalue weighted by Gasteiger charge is -2.42. The fourth-order valence-corrected chi connectivity index (χ4v) is 2.49. The molecule has 0 atom stereocenters. The van der Waals surface area contributed by atoms with E-state index in [0.29, 0.717) is 5.69 Å². The van der Waals surface area contributed by atoms with Crippen LogP contribution in [-0.2, 0) is 0 Å². The van der Waals surface area contributed by atoms with E-state index in [4.69, 9.17) is 5.73 Å². The lowest BCUT2D eigenvalue weighted by Crippen LogP contribution is -2.48. The lowest BCUT2D eigenvalue weighted by atomic mass is 9.77. The second kappa shape index (κ2) is 4.14. The highest BCUT2D eigenvalue weighted by molar-refractivity contribution is 5.93. The molecule has 1 heterocycles. The maximum Gasteiger partial charge on any atom is 0.0743 e. The molecule has 1 aromatic carbocycles. The van der Waals surface area contributed by atoms with E-state index in [1.165, 1.54) is 6.42 Å². The minimum absolute atomic E-state index is 0.143. The van der Waals surface area contributed by atoms with Crippen molar-refractivity contribution in [1.29, 1.82) is 0 Å². The molecule has 0 saturated heterocycles. The van der Waals surface area contributed by atoms with E-state index in [2.05, 4.69) is 10.3 Å². The Morgan fingerprint density at radius 3 is 2.83 bits per heavy atom. The maximum absolute atomic E-state index is 9.52. The molecular formula is C14H17N3O. The highest BCUT2D eigenvalue weighted by Crippen LogP contribution is 2.36. The van der Waals surface area contributed by atoms with Gasteiger partial charge in [0.25, 0.3) is 0 Å². The van der Waals surface area contributed by atoms with Crippen molar-refractivity contribution < 1.29 is 5.11 Å². The summed E-state index contributed by atoms with van der Waals surface area (Å²) in [5.41, 5.74) is 8.24. The highest BCUT2D eigenvalue weighted by Gasteiger charge is 2.36. The summed E-state index contributed by atoms with van der Waals surface area (Å²) in [4.78, 5) is 4.32. The first-order chi connectivity index (χ1) is 8.72. The van der Waals surface area contributed by atoms with Gasteiger partial charge in [0, 0.05) is 23.0 Å². The molecule has 1 aromatic heterocycles. The number of nitrogens with one attached hydrogen (secondary N) is 1. The van der Waals surface area contributed by atoms with Crippen molar-refractivity contribution in [2.24, 2.45) is 0 Å². The average Bonchev–Trinajstić information content (AvgIpc) is 2.33. The Labute approximate surface area is 106 Å². The number of hydrogen-bond donors (Lipinski definition) is 3. The van der Waals surface area contributed by atoms with Gasteiger partial charge in [-0.3, -0.25) is 4.98 Å². The largest absolute Gasteiger partial charge is 0.399 e. The summed E-state index contributed by atoms with van der Waals surface area (Å²) in [5, 5.41) is 14.0. The monoisotopic (exact) mass is 243 g/mol. The van der Waals surface area contributed by atoms with Crippen LogP contribution in [0, 0.1) is 0 Å². The molecule has 4 heteroatoms. The fourth-order valence-electron chi connectivity index (χ4n) is 2.49. The van der Waals surface area contributed by atoms with Crippen LogP contribution in [0.5, 0.6) is 0 Å². The van der Waals surface area contributed by atoms with Crippen LogP contribution >= 0.6 is 0 Å². The second-order valence-corrected chi connectivity index (χ2v) is 5.05. The first kappa shape index (κ1) is 11.3. The standard InChI is InChI=1S/C14H17N3O/c15-10-2-3-11-12(4-7-16-13(11)8-10)17-14(9-18)5-1-6-14/h2-4,7-8,18H,1,5-6,9,15H2,(H,16,17). The van der Waals surface area contributed by atoms with Crippen molar-refractivity contribution in [3.05, 3.63) is 30.5 Å². The Hall–Kier alpha value is -1.81. The van der Waals surface area contributed by atoms with Crippen LogP contribution in [0.4, 0.5) is 11.4 Å². The molecule has 0 radical (unpaired) electrons. The number of anilines is 2. The number of hydrogen-bond acceptors (Lipinski definition) is 4. The van der Waals surface area contributed by atoms with Gasteiger partial charge in [0.05, 0.1) is 17.7 Å². The number of nitrogens with zero attached hydrogens (tertiary/aromatic N) is 1. The summed E-state index contributed by atoms with van der Waals surface area (Å²) < 4.78 is 0. The molecule has 1 aliphatic carbocycles. The van der Waals surface area contributed by atoms with E-state index in [9.17, 15) is 5.11 Å². The number of nitrogens with two attached hydrogens (primary N) is 1. The first-order valence-corrected chi connectivity index (χ1v) is 6.26. The van der Waals surface area contributed by atoms with E-state index >= 15 is 0 Å². The van der Waals surface area contributed by atoms with Crippen LogP contribution in [0.2, 0.25) is 0 Å². The number of aromatic nitrogens is 1. The number of nitrogen functional groups attached to an aromatic ring is 1. The van der Waals surface area contributed by atoms with Crippen molar-refractivity contribution >= 4 is 22.3 Å². The van der Waals surface area contributed by atoms with Crippen molar-refractivity contribution in [3.8, 4) is 0 Å². The van der Waals surface area contributed by atoms with Crippen LogP contribution in [0.25, 0.3) is 10.9 Å². The van der Waals surface area contributed by atoms with Crippen molar-refractivity contribution in [3.63, 3.8) is 0 Å². The smallest absolute Gasteiger partial charge is 0.0743 e. The maximum atomic E-state index is 9.52. The second-order valence-electron chi connectivity index (χ2n) is 5.05. The lowest BCUT2D eigenvalue weighted by molar-refractivity contribution is 0.144. The minimum atomic E-state index is -0.143. The van der Waals surface area contributed by atoms with Crippen molar-refractivity contribution in [2.75, 3.05) is 17.7 Å². The molecule has 1 aliphatic rings. The topological polar surface area (TPSA) is 71.2 Å². The third kappa shape index (κ3) is 1.78. The number of pyridine rings is 1. The summed E-state index contributed by atoms with van der Waals surface area (Å²) in [5.74, 6) is 0. The van der Waals surface area contributed by atoms with Crippen LogP contribution in [0.1, 0.15) is 19.3 Å². The third-order valence-electron chi connectivity index (χ3n) is 3.78. The molecule has 0 bridgehead atoms. The zero-order valence-corrected chi connectivity index (χ0v) is 10.2. The average molecular weight is 243 g/mol. The fraction of sp³-hybridized carbons (Fsp3) is 0.357. The quantitative estimate of drug-likeness (QED) is 0.722. The van der Waals surface area contributed by atoms with Crippen LogP contribution < -0.4 is 11.1 Å². The summed E-state index contributed by atoms with van der Waals surface area (Å²) in [6.07, 6.45) is 4.97. The summed E-state index contributed by atoms with van der Waals surface area (Å²) in [6, 6.07) is 7.67. The summed E-state index contributed by atoms with van der Waals surface area (Å²) >= 11 is 0. The van der Waals surface area contributed by atoms with E-state index in [0.717, 1.165) is 29.4 Å². The third-order valence-corrected chi connectivity index (χ3v) is 3.78. The molecule has 0 unspecified atom stereocenters. The molecule has 0 aliphatic heterocycles. The highest BCUT2D eigenvalue weighted by atomic mass is 16.3. The molecule has 2 aromatic rings. The molecule has 4 nitrogen and oxygen atoms in total. The molecule has 94 valence electrons. The molecular weight excluding hydrogens is 226 g/mol. The SMILES string of the molecule is Nc1ccc2c(NC3(CO)CCC3)ccnc2c1. The number of fused-ring (bicyclic) bond motifs is 1. The number of rotatable bonds is 3. The normalized spacial score (nSPS) is 17.4. The van der Waals surface area contributed by atoms with Gasteiger partial charge < -0.3 is 16.2 Å². The van der Waals surface area contributed by atoms with Gasteiger partial charge in [-0.15, -0.1) is 0 Å². The van der Waals surface area contributed by atoms with Gasteiger partial charge in [-0.1, -0.05) is 0 Å². The van der Waals surface area contributed by atoms with Gasteiger partial charge in [-0.05, 0) is 43.5 Å². The van der Waals surface area contributed by atoms with Gasteiger partial charge in [0.15, 0.2) is 0 Å². The predicted octanol–water partition coefficient (Wildman–Crippen LogP) is 2.14. The van der Waals surface area contributed by atoms with Crippen LogP contribution in [0.15, 0.2) is 30.5 Å². The van der Waals surface area contributed by atoms with Gasteiger partial charge in [-0.25, -0.2) is 0 Å². The Bertz CT molecular complexity index is 573. The summed E-state index contributed by atoms with van der Waals surface area (Å²) in [7, 11) is 0. The Balaban J connectivity index is 2.01. The Morgan fingerprint density at radius 1 is 1.33 bits per heavy atom. The van der Waals surface area contributed by atoms with Gasteiger partial charge >= 0.3 is 0 Å². The minimum Gasteiger partial charge on any atom is -0.399 e. The van der Waals surface area contributed by atoms with Crippen molar-refractivity contribution in [2.45, 2.75) is 24.8 Å². The molecule has 0 spiro atoms. The first-order valence-electron chi connectivity index (χ1n) is 6.26. The zero-order valence-electron chi connectivity index (χ0n) is 10.2. The van der Waals surface area contributed by atoms with E-state index < -0.39 is 0 Å². The zero-order chi connectivity index (χ0) is 12.6. The van der Waals surface area contributed by atoms with E-state index in [1.54, 1.807) is 6.20 Å². The van der Waals surface area contributed by atoms with Gasteiger partial charge in [0.2, 0.25) is 0 Å². The number of aliphatic hydroxyl groups is 1.